The van der Waals surface area contributed by atoms with E-state index in [1.807, 2.05) is 0 Å². The van der Waals surface area contributed by atoms with Gasteiger partial charge in [0, 0.05) is 19.1 Å². The summed E-state index contributed by atoms with van der Waals surface area (Å²) in [5, 5.41) is 3.72. The Morgan fingerprint density at radius 1 is 1.35 bits per heavy atom. The molecular weight excluding hydrogens is 278 g/mol. The first-order chi connectivity index (χ1) is 9.45. The molecule has 1 atom stereocenters. The predicted molar refractivity (Wildman–Crippen MR) is 73.9 cm³/mol. The van der Waals surface area contributed by atoms with E-state index < -0.39 is 10.0 Å². The van der Waals surface area contributed by atoms with Crippen molar-refractivity contribution in [2.45, 2.75) is 44.0 Å². The molecule has 6 nitrogen and oxygen atoms in total. The molecule has 1 saturated carbocycles. The highest BCUT2D eigenvalue weighted by Gasteiger charge is 2.33. The van der Waals surface area contributed by atoms with Crippen molar-refractivity contribution in [1.29, 1.82) is 0 Å². The number of aromatic nitrogens is 1. The summed E-state index contributed by atoms with van der Waals surface area (Å²) in [5.41, 5.74) is 0.419. The zero-order chi connectivity index (χ0) is 14.3. The summed E-state index contributed by atoms with van der Waals surface area (Å²) in [5.74, 6) is 1.19. The van der Waals surface area contributed by atoms with E-state index in [9.17, 15) is 8.42 Å². The SMILES string of the molecule is Cc1noc(C)c1S(=O)(=O)N[C@@H]1CCN(CC2CC2)C1. The highest BCUT2D eigenvalue weighted by Crippen LogP contribution is 2.31. The zero-order valence-corrected chi connectivity index (χ0v) is 12.7. The minimum Gasteiger partial charge on any atom is -0.360 e. The van der Waals surface area contributed by atoms with Crippen LogP contribution in [0.4, 0.5) is 0 Å². The lowest BCUT2D eigenvalue weighted by atomic mass is 10.3. The number of nitrogens with one attached hydrogen (secondary N) is 1. The third kappa shape index (κ3) is 2.89. The van der Waals surface area contributed by atoms with Gasteiger partial charge in [-0.05, 0) is 45.6 Å². The molecule has 1 aliphatic heterocycles. The van der Waals surface area contributed by atoms with Crippen LogP contribution in [0.2, 0.25) is 0 Å². The van der Waals surface area contributed by atoms with Crippen molar-refractivity contribution >= 4 is 10.0 Å². The molecular formula is C13H21N3O3S. The molecule has 0 radical (unpaired) electrons. The fourth-order valence-electron chi connectivity index (χ4n) is 2.90. The van der Waals surface area contributed by atoms with Gasteiger partial charge in [-0.3, -0.25) is 0 Å². The summed E-state index contributed by atoms with van der Waals surface area (Å²) in [6.45, 7) is 6.18. The molecule has 0 bridgehead atoms. The summed E-state index contributed by atoms with van der Waals surface area (Å²) in [6.07, 6.45) is 3.52. The minimum absolute atomic E-state index is 0.00699. The van der Waals surface area contributed by atoms with Crippen LogP contribution in [0.3, 0.4) is 0 Å². The lowest BCUT2D eigenvalue weighted by molar-refractivity contribution is 0.318. The molecule has 7 heteroatoms. The molecule has 1 N–H and O–H groups in total. The summed E-state index contributed by atoms with van der Waals surface area (Å²) < 4.78 is 32.5. The van der Waals surface area contributed by atoms with Crippen LogP contribution in [-0.2, 0) is 10.0 Å². The van der Waals surface area contributed by atoms with Gasteiger partial charge in [0.05, 0.1) is 0 Å². The van der Waals surface area contributed by atoms with Gasteiger partial charge in [-0.1, -0.05) is 5.16 Å². The van der Waals surface area contributed by atoms with Gasteiger partial charge in [0.25, 0.3) is 0 Å². The maximum absolute atomic E-state index is 12.4. The van der Waals surface area contributed by atoms with E-state index in [0.717, 1.165) is 32.0 Å². The average Bonchev–Trinajstić information content (AvgIpc) is 2.95. The molecule has 2 fully saturated rings. The van der Waals surface area contributed by atoms with E-state index in [1.54, 1.807) is 13.8 Å². The molecule has 3 rings (SSSR count). The van der Waals surface area contributed by atoms with Gasteiger partial charge < -0.3 is 9.42 Å². The molecule has 0 unspecified atom stereocenters. The smallest absolute Gasteiger partial charge is 0.246 e. The Hall–Kier alpha value is -0.920. The van der Waals surface area contributed by atoms with Gasteiger partial charge in [-0.25, -0.2) is 13.1 Å². The number of hydrogen-bond acceptors (Lipinski definition) is 5. The second-order valence-electron chi connectivity index (χ2n) is 5.96. The first kappa shape index (κ1) is 14.0. The average molecular weight is 299 g/mol. The lowest BCUT2D eigenvalue weighted by Crippen LogP contribution is -2.37. The highest BCUT2D eigenvalue weighted by atomic mass is 32.2. The van der Waals surface area contributed by atoms with Crippen LogP contribution in [0.25, 0.3) is 0 Å². The number of likely N-dealkylation sites (tertiary alicyclic amines) is 1. The lowest BCUT2D eigenvalue weighted by Gasteiger charge is -2.16. The normalized spacial score (nSPS) is 24.4. The second kappa shape index (κ2) is 5.13. The summed E-state index contributed by atoms with van der Waals surface area (Å²) in [7, 11) is -3.53. The van der Waals surface area contributed by atoms with Crippen molar-refractivity contribution in [3.63, 3.8) is 0 Å². The Morgan fingerprint density at radius 2 is 2.10 bits per heavy atom. The molecule has 2 aliphatic rings. The van der Waals surface area contributed by atoms with E-state index in [0.29, 0.717) is 11.5 Å². The first-order valence-corrected chi connectivity index (χ1v) is 8.61. The largest absolute Gasteiger partial charge is 0.360 e. The predicted octanol–water partition coefficient (Wildman–Crippen LogP) is 1.05. The maximum Gasteiger partial charge on any atom is 0.246 e. The van der Waals surface area contributed by atoms with Crippen molar-refractivity contribution in [3.8, 4) is 0 Å². The molecule has 0 spiro atoms. The molecule has 0 aromatic carbocycles. The van der Waals surface area contributed by atoms with Crippen molar-refractivity contribution in [1.82, 2.24) is 14.8 Å². The fourth-order valence-corrected chi connectivity index (χ4v) is 4.49. The zero-order valence-electron chi connectivity index (χ0n) is 11.9. The molecule has 1 aliphatic carbocycles. The van der Waals surface area contributed by atoms with Gasteiger partial charge >= 0.3 is 0 Å². The van der Waals surface area contributed by atoms with Gasteiger partial charge in [0.15, 0.2) is 5.76 Å². The van der Waals surface area contributed by atoms with Crippen LogP contribution in [-0.4, -0.2) is 44.2 Å². The highest BCUT2D eigenvalue weighted by molar-refractivity contribution is 7.89. The standard InChI is InChI=1S/C13H21N3O3S/c1-9-13(10(2)19-14-9)20(17,18)15-12-5-6-16(8-12)7-11-3-4-11/h11-12,15H,3-8H2,1-2H3/t12-/m1/s1. The summed E-state index contributed by atoms with van der Waals surface area (Å²) in [6, 6.07) is -0.00699. The maximum atomic E-state index is 12.4. The van der Waals surface area contributed by atoms with Crippen LogP contribution < -0.4 is 4.72 Å². The van der Waals surface area contributed by atoms with E-state index in [4.69, 9.17) is 4.52 Å². The monoisotopic (exact) mass is 299 g/mol. The molecule has 1 aromatic heterocycles. The topological polar surface area (TPSA) is 75.4 Å². The molecule has 1 aromatic rings. The van der Waals surface area contributed by atoms with Crippen LogP contribution in [0, 0.1) is 19.8 Å². The van der Waals surface area contributed by atoms with Gasteiger partial charge in [0.1, 0.15) is 10.6 Å². The van der Waals surface area contributed by atoms with Crippen LogP contribution >= 0.6 is 0 Å². The van der Waals surface area contributed by atoms with E-state index >= 15 is 0 Å². The Bertz CT molecular complexity index is 573. The fraction of sp³-hybridized carbons (Fsp3) is 0.769. The third-order valence-corrected chi connectivity index (χ3v) is 5.81. The van der Waals surface area contributed by atoms with Crippen LogP contribution in [0.1, 0.15) is 30.7 Å². The second-order valence-corrected chi connectivity index (χ2v) is 7.61. The van der Waals surface area contributed by atoms with Crippen LogP contribution in [0.5, 0.6) is 0 Å². The van der Waals surface area contributed by atoms with E-state index in [1.165, 1.54) is 12.8 Å². The number of rotatable bonds is 5. The minimum atomic E-state index is -3.53. The van der Waals surface area contributed by atoms with Crippen LogP contribution in [0.15, 0.2) is 9.42 Å². The molecule has 2 heterocycles. The van der Waals surface area contributed by atoms with Crippen molar-refractivity contribution < 1.29 is 12.9 Å². The van der Waals surface area contributed by atoms with Crippen molar-refractivity contribution in [2.24, 2.45) is 5.92 Å². The first-order valence-electron chi connectivity index (χ1n) is 7.13. The van der Waals surface area contributed by atoms with Crippen molar-refractivity contribution in [2.75, 3.05) is 19.6 Å². The summed E-state index contributed by atoms with van der Waals surface area (Å²) >= 11 is 0. The Kier molecular flexibility index (Phi) is 3.60. The number of hydrogen-bond donors (Lipinski definition) is 1. The van der Waals surface area contributed by atoms with Crippen molar-refractivity contribution in [3.05, 3.63) is 11.5 Å². The quantitative estimate of drug-likeness (QED) is 0.879. The summed E-state index contributed by atoms with van der Waals surface area (Å²) in [4.78, 5) is 2.55. The number of sulfonamides is 1. The van der Waals surface area contributed by atoms with E-state index in [2.05, 4.69) is 14.8 Å². The molecule has 112 valence electrons. The van der Waals surface area contributed by atoms with Gasteiger partial charge in [-0.15, -0.1) is 0 Å². The number of aryl methyl sites for hydroxylation is 2. The van der Waals surface area contributed by atoms with Gasteiger partial charge in [0.2, 0.25) is 10.0 Å². The molecule has 1 saturated heterocycles. The molecule has 0 amide bonds. The van der Waals surface area contributed by atoms with E-state index in [-0.39, 0.29) is 10.9 Å². The van der Waals surface area contributed by atoms with Gasteiger partial charge in [-0.2, -0.15) is 0 Å². The Morgan fingerprint density at radius 3 is 2.70 bits per heavy atom. The molecule has 20 heavy (non-hydrogen) atoms. The number of nitrogens with zero attached hydrogens (tertiary/aromatic N) is 2. The Balaban J connectivity index is 1.65. The Labute approximate surface area is 119 Å². The third-order valence-electron chi connectivity index (χ3n) is 4.04.